The minimum Gasteiger partial charge on any atom is -0.489 e. The summed E-state index contributed by atoms with van der Waals surface area (Å²) in [5.74, 6) is 0.613. The number of aryl methyl sites for hydroxylation is 1. The molecule has 2 aromatic rings. The van der Waals surface area contributed by atoms with Crippen molar-refractivity contribution < 1.29 is 9.53 Å². The number of imidazole rings is 1. The first kappa shape index (κ1) is 14.5. The highest BCUT2D eigenvalue weighted by molar-refractivity contribution is 5.92. The predicted molar refractivity (Wildman–Crippen MR) is 80.5 cm³/mol. The maximum Gasteiger partial charge on any atom is 0.269 e. The van der Waals surface area contributed by atoms with E-state index in [0.717, 1.165) is 31.0 Å². The van der Waals surface area contributed by atoms with E-state index in [-0.39, 0.29) is 12.0 Å². The lowest BCUT2D eigenvalue weighted by atomic mass is 10.3. The summed E-state index contributed by atoms with van der Waals surface area (Å²) in [5, 5.41) is 6.10. The highest BCUT2D eigenvalue weighted by Gasteiger charge is 2.16. The Kier molecular flexibility index (Phi) is 4.34. The van der Waals surface area contributed by atoms with Crippen LogP contribution in [0.5, 0.6) is 5.75 Å². The first-order valence-electron chi connectivity index (χ1n) is 7.29. The highest BCUT2D eigenvalue weighted by atomic mass is 16.5. The van der Waals surface area contributed by atoms with Gasteiger partial charge >= 0.3 is 0 Å². The molecule has 1 unspecified atom stereocenters. The number of carbonyl (C=O) groups excluding carboxylic acids is 1. The van der Waals surface area contributed by atoms with E-state index < -0.39 is 0 Å². The van der Waals surface area contributed by atoms with Crippen LogP contribution in [0.4, 0.5) is 0 Å². The van der Waals surface area contributed by atoms with Crippen molar-refractivity contribution in [2.45, 2.75) is 19.1 Å². The van der Waals surface area contributed by atoms with E-state index in [9.17, 15) is 4.79 Å². The van der Waals surface area contributed by atoms with Gasteiger partial charge in [0.25, 0.3) is 5.91 Å². The molecule has 116 valence electrons. The van der Waals surface area contributed by atoms with Crippen LogP contribution in [0.3, 0.4) is 0 Å². The number of carbonyl (C=O) groups is 1. The van der Waals surface area contributed by atoms with Crippen LogP contribution in [-0.2, 0) is 13.6 Å². The number of aromatic nitrogens is 3. The highest BCUT2D eigenvalue weighted by Crippen LogP contribution is 2.15. The van der Waals surface area contributed by atoms with Crippen LogP contribution in [0.2, 0.25) is 0 Å². The zero-order valence-electron chi connectivity index (χ0n) is 12.5. The van der Waals surface area contributed by atoms with Crippen molar-refractivity contribution >= 4 is 5.91 Å². The van der Waals surface area contributed by atoms with Gasteiger partial charge < -0.3 is 19.9 Å². The van der Waals surface area contributed by atoms with Crippen LogP contribution >= 0.6 is 0 Å². The van der Waals surface area contributed by atoms with E-state index in [1.165, 1.54) is 6.20 Å². The molecule has 2 aromatic heterocycles. The molecule has 0 saturated carbocycles. The summed E-state index contributed by atoms with van der Waals surface area (Å²) in [5.41, 5.74) is 1.28. The molecule has 0 aliphatic carbocycles. The molecule has 1 aliphatic rings. The molecule has 0 spiro atoms. The largest absolute Gasteiger partial charge is 0.489 e. The van der Waals surface area contributed by atoms with Crippen LogP contribution in [0, 0.1) is 0 Å². The Hall–Kier alpha value is -2.41. The average Bonchev–Trinajstić information content (AvgIpc) is 3.17. The number of nitrogens with zero attached hydrogens (tertiary/aromatic N) is 3. The molecule has 0 radical (unpaired) electrons. The zero-order valence-corrected chi connectivity index (χ0v) is 12.5. The Labute approximate surface area is 128 Å². The molecule has 1 fully saturated rings. The van der Waals surface area contributed by atoms with Gasteiger partial charge in [-0.3, -0.25) is 9.78 Å². The standard InChI is InChI=1S/C15H19N5O2/c1-20-10-17-9-14(20)15(21)19-7-11-6-12(3-5-18-11)22-13-2-4-16-8-13/h3,5-6,9-10,13,16H,2,4,7-8H2,1H3,(H,19,21). The Morgan fingerprint density at radius 1 is 1.59 bits per heavy atom. The van der Waals surface area contributed by atoms with Gasteiger partial charge in [0.2, 0.25) is 0 Å². The summed E-state index contributed by atoms with van der Waals surface area (Å²) in [6.45, 7) is 2.21. The van der Waals surface area contributed by atoms with E-state index >= 15 is 0 Å². The minimum atomic E-state index is -0.173. The maximum absolute atomic E-state index is 12.0. The van der Waals surface area contributed by atoms with Gasteiger partial charge in [-0.05, 0) is 19.0 Å². The van der Waals surface area contributed by atoms with Crippen LogP contribution in [-0.4, -0.2) is 39.6 Å². The molecule has 7 nitrogen and oxygen atoms in total. The number of ether oxygens (including phenoxy) is 1. The molecule has 7 heteroatoms. The summed E-state index contributed by atoms with van der Waals surface area (Å²) < 4.78 is 7.56. The first-order chi connectivity index (χ1) is 10.7. The topological polar surface area (TPSA) is 81.1 Å². The molecule has 1 atom stereocenters. The molecule has 3 rings (SSSR count). The third-order valence-electron chi connectivity index (χ3n) is 3.59. The Morgan fingerprint density at radius 2 is 2.50 bits per heavy atom. The van der Waals surface area contributed by atoms with Crippen molar-refractivity contribution in [1.29, 1.82) is 0 Å². The van der Waals surface area contributed by atoms with E-state index in [0.29, 0.717) is 12.2 Å². The lowest BCUT2D eigenvalue weighted by molar-refractivity contribution is 0.0942. The number of nitrogens with one attached hydrogen (secondary N) is 2. The molecule has 22 heavy (non-hydrogen) atoms. The molecule has 0 aromatic carbocycles. The molecule has 2 N–H and O–H groups in total. The van der Waals surface area contributed by atoms with Crippen LogP contribution in [0.25, 0.3) is 0 Å². The molecular weight excluding hydrogens is 282 g/mol. The van der Waals surface area contributed by atoms with Crippen LogP contribution in [0.1, 0.15) is 22.6 Å². The fraction of sp³-hybridized carbons (Fsp3) is 0.400. The summed E-state index contributed by atoms with van der Waals surface area (Å²) in [6, 6.07) is 3.70. The van der Waals surface area contributed by atoms with Crippen molar-refractivity contribution in [2.75, 3.05) is 13.1 Å². The minimum absolute atomic E-state index is 0.173. The Morgan fingerprint density at radius 3 is 3.23 bits per heavy atom. The van der Waals surface area contributed by atoms with Gasteiger partial charge in [-0.1, -0.05) is 0 Å². The monoisotopic (exact) mass is 301 g/mol. The third kappa shape index (κ3) is 3.43. The van der Waals surface area contributed by atoms with Gasteiger partial charge in [0.05, 0.1) is 24.8 Å². The number of pyridine rings is 1. The fourth-order valence-corrected chi connectivity index (χ4v) is 2.38. The fourth-order valence-electron chi connectivity index (χ4n) is 2.38. The van der Waals surface area contributed by atoms with Gasteiger partial charge in [0, 0.05) is 25.9 Å². The average molecular weight is 301 g/mol. The van der Waals surface area contributed by atoms with E-state index in [2.05, 4.69) is 20.6 Å². The van der Waals surface area contributed by atoms with Gasteiger partial charge in [-0.2, -0.15) is 0 Å². The molecule has 1 aliphatic heterocycles. The lowest BCUT2D eigenvalue weighted by Crippen LogP contribution is -2.25. The summed E-state index contributed by atoms with van der Waals surface area (Å²) in [7, 11) is 1.78. The van der Waals surface area contributed by atoms with Crippen molar-refractivity contribution in [3.63, 3.8) is 0 Å². The van der Waals surface area contributed by atoms with Crippen LogP contribution < -0.4 is 15.4 Å². The normalized spacial score (nSPS) is 17.4. The van der Waals surface area contributed by atoms with Crippen LogP contribution in [0.15, 0.2) is 30.9 Å². The lowest BCUT2D eigenvalue weighted by Gasteiger charge is -2.13. The van der Waals surface area contributed by atoms with E-state index in [1.54, 1.807) is 24.1 Å². The zero-order chi connectivity index (χ0) is 15.4. The summed E-state index contributed by atoms with van der Waals surface area (Å²) in [6.07, 6.45) is 6.05. The number of amides is 1. The van der Waals surface area contributed by atoms with Gasteiger partial charge in [-0.15, -0.1) is 0 Å². The van der Waals surface area contributed by atoms with Crippen molar-refractivity contribution in [1.82, 2.24) is 25.2 Å². The SMILES string of the molecule is Cn1cncc1C(=O)NCc1cc(OC2CCNC2)ccn1. The Bertz CT molecular complexity index is 649. The van der Waals surface area contributed by atoms with Gasteiger partial charge in [-0.25, -0.2) is 4.98 Å². The predicted octanol–water partition coefficient (Wildman–Crippen LogP) is 0.486. The summed E-state index contributed by atoms with van der Waals surface area (Å²) >= 11 is 0. The number of hydrogen-bond acceptors (Lipinski definition) is 5. The maximum atomic E-state index is 12.0. The quantitative estimate of drug-likeness (QED) is 0.840. The number of hydrogen-bond donors (Lipinski definition) is 2. The molecule has 1 saturated heterocycles. The third-order valence-corrected chi connectivity index (χ3v) is 3.59. The van der Waals surface area contributed by atoms with Crippen molar-refractivity contribution in [2.24, 2.45) is 7.05 Å². The second-order valence-corrected chi connectivity index (χ2v) is 5.29. The van der Waals surface area contributed by atoms with E-state index in [1.807, 2.05) is 12.1 Å². The molecule has 0 bridgehead atoms. The second-order valence-electron chi connectivity index (χ2n) is 5.29. The van der Waals surface area contributed by atoms with Gasteiger partial charge in [0.15, 0.2) is 0 Å². The molecule has 1 amide bonds. The van der Waals surface area contributed by atoms with Gasteiger partial charge in [0.1, 0.15) is 17.5 Å². The summed E-state index contributed by atoms with van der Waals surface area (Å²) in [4.78, 5) is 20.2. The van der Waals surface area contributed by atoms with Crippen molar-refractivity contribution in [3.8, 4) is 5.75 Å². The molecular formula is C15H19N5O2. The Balaban J connectivity index is 1.58. The van der Waals surface area contributed by atoms with Crippen molar-refractivity contribution in [3.05, 3.63) is 42.2 Å². The molecule has 3 heterocycles. The first-order valence-corrected chi connectivity index (χ1v) is 7.29. The van der Waals surface area contributed by atoms with E-state index in [4.69, 9.17) is 4.74 Å². The second kappa shape index (κ2) is 6.57. The smallest absolute Gasteiger partial charge is 0.269 e. The number of rotatable bonds is 5.